The van der Waals surface area contributed by atoms with E-state index in [9.17, 15) is 18.5 Å². The molecule has 158 valence electrons. The van der Waals surface area contributed by atoms with Crippen molar-refractivity contribution in [2.75, 3.05) is 5.32 Å². The van der Waals surface area contributed by atoms with Gasteiger partial charge in [0.25, 0.3) is 5.91 Å². The third-order valence-corrected chi connectivity index (χ3v) is 6.16. The van der Waals surface area contributed by atoms with Gasteiger partial charge in [-0.3, -0.25) is 4.79 Å². The van der Waals surface area contributed by atoms with E-state index in [2.05, 4.69) is 10.0 Å². The smallest absolute Gasteiger partial charge is 0.266 e. The van der Waals surface area contributed by atoms with Crippen LogP contribution in [0.25, 0.3) is 6.08 Å². The molecule has 1 heterocycles. The molecule has 0 saturated heterocycles. The standard InChI is InChI=1S/C21H15Cl2N3O4S/c22-19-9-6-15(11-20(19)23)26-21(27)14(12-24)10-16-7-8-17(30-16)13-25-31(28,29)18-4-2-1-3-5-18/h1-11,25H,13H2,(H,26,27)/b14-10-. The molecule has 0 fully saturated rings. The minimum Gasteiger partial charge on any atom is -0.460 e. The predicted molar refractivity (Wildman–Crippen MR) is 118 cm³/mol. The van der Waals surface area contributed by atoms with Crippen LogP contribution in [-0.4, -0.2) is 14.3 Å². The number of amides is 1. The summed E-state index contributed by atoms with van der Waals surface area (Å²) in [4.78, 5) is 12.5. The number of benzene rings is 2. The van der Waals surface area contributed by atoms with Crippen LogP contribution in [0.15, 0.2) is 75.5 Å². The fourth-order valence-corrected chi connectivity index (χ4v) is 3.79. The van der Waals surface area contributed by atoms with E-state index in [-0.39, 0.29) is 27.8 Å². The summed E-state index contributed by atoms with van der Waals surface area (Å²) in [6.07, 6.45) is 1.25. The highest BCUT2D eigenvalue weighted by molar-refractivity contribution is 7.89. The van der Waals surface area contributed by atoms with Gasteiger partial charge in [-0.2, -0.15) is 5.26 Å². The second-order valence-electron chi connectivity index (χ2n) is 6.19. The molecule has 0 aliphatic rings. The average molecular weight is 476 g/mol. The number of furan rings is 1. The molecular formula is C21H15Cl2N3O4S. The summed E-state index contributed by atoms with van der Waals surface area (Å²) < 4.78 is 32.5. The van der Waals surface area contributed by atoms with Crippen molar-refractivity contribution in [2.45, 2.75) is 11.4 Å². The molecule has 2 N–H and O–H groups in total. The minimum atomic E-state index is -3.69. The molecule has 0 atom stereocenters. The largest absolute Gasteiger partial charge is 0.460 e. The van der Waals surface area contributed by atoms with Gasteiger partial charge in [-0.15, -0.1) is 0 Å². The molecule has 1 aromatic heterocycles. The van der Waals surface area contributed by atoms with Crippen LogP contribution < -0.4 is 10.0 Å². The van der Waals surface area contributed by atoms with Crippen LogP contribution in [0, 0.1) is 11.3 Å². The summed E-state index contributed by atoms with van der Waals surface area (Å²) in [5.74, 6) is -0.133. The van der Waals surface area contributed by atoms with Gasteiger partial charge in [0.1, 0.15) is 23.2 Å². The Balaban J connectivity index is 1.68. The summed E-state index contributed by atoms with van der Waals surface area (Å²) in [6, 6.07) is 17.3. The summed E-state index contributed by atoms with van der Waals surface area (Å²) >= 11 is 11.8. The van der Waals surface area contributed by atoms with Crippen LogP contribution in [0.3, 0.4) is 0 Å². The SMILES string of the molecule is N#C/C(=C/c1ccc(CNS(=O)(=O)c2ccccc2)o1)C(=O)Nc1ccc(Cl)c(Cl)c1. The average Bonchev–Trinajstić information content (AvgIpc) is 3.21. The number of carbonyl (C=O) groups is 1. The summed E-state index contributed by atoms with van der Waals surface area (Å²) in [5, 5.41) is 12.5. The summed E-state index contributed by atoms with van der Waals surface area (Å²) in [5.41, 5.74) is 0.160. The van der Waals surface area contributed by atoms with Crippen molar-refractivity contribution in [2.24, 2.45) is 0 Å². The molecule has 0 unspecified atom stereocenters. The van der Waals surface area contributed by atoms with Gasteiger partial charge in [-0.05, 0) is 42.5 Å². The maximum atomic E-state index is 12.4. The first-order valence-corrected chi connectivity index (χ1v) is 11.0. The molecule has 1 amide bonds. The highest BCUT2D eigenvalue weighted by atomic mass is 35.5. The van der Waals surface area contributed by atoms with Crippen LogP contribution in [0.5, 0.6) is 0 Å². The Bertz CT molecular complexity index is 1280. The molecule has 0 spiro atoms. The zero-order chi connectivity index (χ0) is 22.4. The number of nitriles is 1. The Morgan fingerprint density at radius 1 is 1.06 bits per heavy atom. The van der Waals surface area contributed by atoms with Gasteiger partial charge >= 0.3 is 0 Å². The Morgan fingerprint density at radius 2 is 1.81 bits per heavy atom. The van der Waals surface area contributed by atoms with Crippen LogP contribution in [0.1, 0.15) is 11.5 Å². The zero-order valence-electron chi connectivity index (χ0n) is 15.8. The Hall–Kier alpha value is -3.09. The number of carbonyl (C=O) groups excluding carboxylic acids is 1. The van der Waals surface area contributed by atoms with Gasteiger partial charge in [0.05, 0.1) is 21.5 Å². The van der Waals surface area contributed by atoms with Crippen molar-refractivity contribution in [1.29, 1.82) is 5.26 Å². The van der Waals surface area contributed by atoms with Crippen molar-refractivity contribution in [3.63, 3.8) is 0 Å². The van der Waals surface area contributed by atoms with Crippen molar-refractivity contribution in [3.05, 3.63) is 87.8 Å². The molecule has 0 aliphatic carbocycles. The highest BCUT2D eigenvalue weighted by Crippen LogP contribution is 2.25. The third-order valence-electron chi connectivity index (χ3n) is 4.00. The topological polar surface area (TPSA) is 112 Å². The van der Waals surface area contributed by atoms with Crippen LogP contribution in [0.2, 0.25) is 10.0 Å². The Kier molecular flexibility index (Phi) is 7.15. The minimum absolute atomic E-state index is 0.0948. The van der Waals surface area contributed by atoms with Crippen LogP contribution >= 0.6 is 23.2 Å². The van der Waals surface area contributed by atoms with Crippen molar-refractivity contribution < 1.29 is 17.6 Å². The van der Waals surface area contributed by atoms with E-state index >= 15 is 0 Å². The molecule has 7 nitrogen and oxygen atoms in total. The van der Waals surface area contributed by atoms with Crippen LogP contribution in [-0.2, 0) is 21.4 Å². The number of hydrogen-bond acceptors (Lipinski definition) is 5. The molecule has 10 heteroatoms. The molecular weight excluding hydrogens is 461 g/mol. The lowest BCUT2D eigenvalue weighted by Gasteiger charge is -2.05. The first-order valence-electron chi connectivity index (χ1n) is 8.80. The van der Waals surface area contributed by atoms with Gasteiger partial charge < -0.3 is 9.73 Å². The zero-order valence-corrected chi connectivity index (χ0v) is 18.1. The summed E-state index contributed by atoms with van der Waals surface area (Å²) in [7, 11) is -3.69. The second kappa shape index (κ2) is 9.81. The fourth-order valence-electron chi connectivity index (χ4n) is 2.48. The number of anilines is 1. The van der Waals surface area contributed by atoms with E-state index in [1.807, 2.05) is 0 Å². The van der Waals surface area contributed by atoms with E-state index < -0.39 is 15.9 Å². The van der Waals surface area contributed by atoms with E-state index in [0.717, 1.165) is 0 Å². The third kappa shape index (κ3) is 5.96. The van der Waals surface area contributed by atoms with Gasteiger partial charge in [0.15, 0.2) is 0 Å². The van der Waals surface area contributed by atoms with E-state index in [0.29, 0.717) is 16.5 Å². The lowest BCUT2D eigenvalue weighted by Crippen LogP contribution is -2.22. The highest BCUT2D eigenvalue weighted by Gasteiger charge is 2.15. The molecule has 0 radical (unpaired) electrons. The van der Waals surface area contributed by atoms with Crippen molar-refractivity contribution in [3.8, 4) is 6.07 Å². The first kappa shape index (κ1) is 22.6. The number of halogens is 2. The number of sulfonamides is 1. The molecule has 0 bridgehead atoms. The quantitative estimate of drug-likeness (QED) is 0.382. The lowest BCUT2D eigenvalue weighted by atomic mass is 10.2. The lowest BCUT2D eigenvalue weighted by molar-refractivity contribution is -0.112. The Morgan fingerprint density at radius 3 is 2.48 bits per heavy atom. The van der Waals surface area contributed by atoms with Gasteiger partial charge in [0.2, 0.25) is 10.0 Å². The molecule has 31 heavy (non-hydrogen) atoms. The summed E-state index contributed by atoms with van der Waals surface area (Å²) in [6.45, 7) is -0.0948. The number of rotatable bonds is 7. The van der Waals surface area contributed by atoms with Gasteiger partial charge in [0, 0.05) is 11.8 Å². The molecule has 0 saturated carbocycles. The number of nitrogens with one attached hydrogen (secondary N) is 2. The maximum Gasteiger partial charge on any atom is 0.266 e. The van der Waals surface area contributed by atoms with E-state index in [1.165, 1.54) is 36.4 Å². The number of hydrogen-bond donors (Lipinski definition) is 2. The fraction of sp³-hybridized carbons (Fsp3) is 0.0476. The molecule has 0 aliphatic heterocycles. The van der Waals surface area contributed by atoms with Crippen molar-refractivity contribution >= 4 is 50.9 Å². The molecule has 3 aromatic rings. The normalized spacial score (nSPS) is 11.7. The van der Waals surface area contributed by atoms with Gasteiger partial charge in [-0.25, -0.2) is 13.1 Å². The van der Waals surface area contributed by atoms with E-state index in [4.69, 9.17) is 27.6 Å². The predicted octanol–water partition coefficient (Wildman–Crippen LogP) is 4.61. The molecule has 2 aromatic carbocycles. The Labute approximate surface area is 188 Å². The first-order chi connectivity index (χ1) is 14.8. The molecule has 3 rings (SSSR count). The van der Waals surface area contributed by atoms with E-state index in [1.54, 1.807) is 36.4 Å². The number of nitrogens with zero attached hydrogens (tertiary/aromatic N) is 1. The maximum absolute atomic E-state index is 12.4. The monoisotopic (exact) mass is 475 g/mol. The van der Waals surface area contributed by atoms with Crippen LogP contribution in [0.4, 0.5) is 5.69 Å². The van der Waals surface area contributed by atoms with Gasteiger partial charge in [-0.1, -0.05) is 41.4 Å². The van der Waals surface area contributed by atoms with Crippen molar-refractivity contribution in [1.82, 2.24) is 4.72 Å². The second-order valence-corrected chi connectivity index (χ2v) is 8.78.